The lowest BCUT2D eigenvalue weighted by Crippen LogP contribution is -3.10. The van der Waals surface area contributed by atoms with Crippen molar-refractivity contribution in [3.05, 3.63) is 47.0 Å². The van der Waals surface area contributed by atoms with E-state index in [1.54, 1.807) is 7.11 Å². The minimum Gasteiger partial charge on any atom is -0.492 e. The number of quaternary nitrogens is 1. The van der Waals surface area contributed by atoms with Crippen LogP contribution in [0.15, 0.2) is 35.5 Å². The number of likely N-dealkylation sites (N-methyl/N-ethyl adjacent to an activating group) is 1. The standard InChI is InChI=1S/C24H30N2O5/c1-15(2)31-19-7-5-16(6-8-19)11-18(25-27)13-20-22-17(9-10-26(20)3)12-21-23(24(22)28-4)30-14-29-21/h5-8,12,15,20,27H,9-11,13-14H2,1-4H3/p+1/t20-/m0/s1. The van der Waals surface area contributed by atoms with Gasteiger partial charge in [-0.25, -0.2) is 0 Å². The van der Waals surface area contributed by atoms with Gasteiger partial charge in [0, 0.05) is 19.3 Å². The molecule has 2 aliphatic rings. The molecule has 2 heterocycles. The van der Waals surface area contributed by atoms with E-state index >= 15 is 0 Å². The van der Waals surface area contributed by atoms with Crippen molar-refractivity contribution in [2.45, 2.75) is 45.3 Å². The number of hydrogen-bond donors (Lipinski definition) is 2. The van der Waals surface area contributed by atoms with Gasteiger partial charge in [-0.2, -0.15) is 0 Å². The first-order valence-corrected chi connectivity index (χ1v) is 10.8. The summed E-state index contributed by atoms with van der Waals surface area (Å²) < 4.78 is 22.8. The summed E-state index contributed by atoms with van der Waals surface area (Å²) in [5, 5.41) is 13.4. The van der Waals surface area contributed by atoms with Crippen LogP contribution in [0.1, 0.15) is 43.0 Å². The van der Waals surface area contributed by atoms with E-state index in [9.17, 15) is 5.21 Å². The van der Waals surface area contributed by atoms with E-state index in [0.29, 0.717) is 18.6 Å². The summed E-state index contributed by atoms with van der Waals surface area (Å²) in [5.41, 5.74) is 4.14. The predicted octanol–water partition coefficient (Wildman–Crippen LogP) is 2.79. The van der Waals surface area contributed by atoms with Gasteiger partial charge in [-0.15, -0.1) is 0 Å². The number of nitrogens with zero attached hydrogens (tertiary/aromatic N) is 1. The van der Waals surface area contributed by atoms with Gasteiger partial charge < -0.3 is 29.1 Å². The van der Waals surface area contributed by atoms with Gasteiger partial charge >= 0.3 is 0 Å². The van der Waals surface area contributed by atoms with E-state index in [-0.39, 0.29) is 18.9 Å². The van der Waals surface area contributed by atoms with Crippen LogP contribution in [0.25, 0.3) is 0 Å². The second-order valence-electron chi connectivity index (χ2n) is 8.47. The van der Waals surface area contributed by atoms with E-state index in [4.69, 9.17) is 18.9 Å². The molecule has 0 amide bonds. The van der Waals surface area contributed by atoms with Crippen LogP contribution in [0, 0.1) is 0 Å². The van der Waals surface area contributed by atoms with Crippen molar-refractivity contribution >= 4 is 5.71 Å². The van der Waals surface area contributed by atoms with Gasteiger partial charge in [-0.1, -0.05) is 17.3 Å². The molecule has 166 valence electrons. The lowest BCUT2D eigenvalue weighted by atomic mass is 9.87. The molecule has 0 bridgehead atoms. The number of ether oxygens (including phenoxy) is 4. The van der Waals surface area contributed by atoms with Crippen molar-refractivity contribution in [2.75, 3.05) is 27.5 Å². The third-order valence-electron chi connectivity index (χ3n) is 5.96. The van der Waals surface area contributed by atoms with Gasteiger partial charge in [0.05, 0.1) is 38.1 Å². The molecular weight excluding hydrogens is 396 g/mol. The van der Waals surface area contributed by atoms with Gasteiger partial charge in [0.15, 0.2) is 11.5 Å². The first kappa shape index (κ1) is 21.3. The van der Waals surface area contributed by atoms with Crippen molar-refractivity contribution in [3.8, 4) is 23.0 Å². The number of nitrogens with one attached hydrogen (secondary N) is 1. The molecule has 2 aliphatic heterocycles. The average molecular weight is 428 g/mol. The molecule has 4 rings (SSSR count). The molecule has 0 radical (unpaired) electrons. The molecule has 2 aromatic rings. The van der Waals surface area contributed by atoms with Crippen molar-refractivity contribution in [1.29, 1.82) is 0 Å². The summed E-state index contributed by atoms with van der Waals surface area (Å²) in [7, 11) is 3.84. The van der Waals surface area contributed by atoms with E-state index in [2.05, 4.69) is 18.3 Å². The molecule has 31 heavy (non-hydrogen) atoms. The quantitative estimate of drug-likeness (QED) is 0.404. The fourth-order valence-corrected chi connectivity index (χ4v) is 4.48. The zero-order valence-electron chi connectivity index (χ0n) is 18.6. The first-order chi connectivity index (χ1) is 15.0. The molecule has 0 saturated heterocycles. The van der Waals surface area contributed by atoms with Crippen molar-refractivity contribution in [2.24, 2.45) is 5.16 Å². The Labute approximate surface area is 183 Å². The summed E-state index contributed by atoms with van der Waals surface area (Å²) in [6.07, 6.45) is 2.27. The Kier molecular flexibility index (Phi) is 6.23. The second-order valence-corrected chi connectivity index (χ2v) is 8.47. The third-order valence-corrected chi connectivity index (χ3v) is 5.96. The second kappa shape index (κ2) is 9.06. The lowest BCUT2D eigenvalue weighted by molar-refractivity contribution is -0.913. The van der Waals surface area contributed by atoms with Crippen LogP contribution in [0.3, 0.4) is 0 Å². The Balaban J connectivity index is 1.57. The van der Waals surface area contributed by atoms with Gasteiger partial charge in [-0.05, 0) is 43.2 Å². The normalized spacial score (nSPS) is 20.0. The van der Waals surface area contributed by atoms with E-state index in [0.717, 1.165) is 47.1 Å². The fourth-order valence-electron chi connectivity index (χ4n) is 4.48. The number of hydrogen-bond acceptors (Lipinski definition) is 6. The van der Waals surface area contributed by atoms with E-state index < -0.39 is 0 Å². The topological polar surface area (TPSA) is 74.0 Å². The maximum Gasteiger partial charge on any atom is 0.231 e. The number of benzene rings is 2. The summed E-state index contributed by atoms with van der Waals surface area (Å²) in [4.78, 5) is 1.35. The molecule has 7 nitrogen and oxygen atoms in total. The molecule has 1 unspecified atom stereocenters. The molecule has 2 atom stereocenters. The molecule has 2 N–H and O–H groups in total. The largest absolute Gasteiger partial charge is 0.492 e. The van der Waals surface area contributed by atoms with E-state index in [1.165, 1.54) is 10.5 Å². The zero-order valence-corrected chi connectivity index (χ0v) is 18.6. The highest BCUT2D eigenvalue weighted by Gasteiger charge is 2.37. The molecule has 0 fully saturated rings. The fraction of sp³-hybridized carbons (Fsp3) is 0.458. The smallest absolute Gasteiger partial charge is 0.231 e. The Morgan fingerprint density at radius 2 is 2.03 bits per heavy atom. The summed E-state index contributed by atoms with van der Waals surface area (Å²) in [6.45, 7) is 5.21. The van der Waals surface area contributed by atoms with Crippen LogP contribution in [0.4, 0.5) is 0 Å². The minimum atomic E-state index is 0.0997. The molecular formula is C24H31N2O5+. The molecule has 0 aliphatic carbocycles. The third kappa shape index (κ3) is 4.42. The SMILES string of the molecule is COc1c2c(cc3c1[C@H](CC(Cc1ccc(OC(C)C)cc1)=NO)[NH+](C)CC3)OCO2. The molecule has 2 aromatic carbocycles. The average Bonchev–Trinajstić information content (AvgIpc) is 3.22. The van der Waals surface area contributed by atoms with Crippen molar-refractivity contribution in [3.63, 3.8) is 0 Å². The highest BCUT2D eigenvalue weighted by molar-refractivity contribution is 5.87. The van der Waals surface area contributed by atoms with Crippen LogP contribution in [-0.4, -0.2) is 44.5 Å². The van der Waals surface area contributed by atoms with Crippen LogP contribution in [-0.2, 0) is 12.8 Å². The van der Waals surface area contributed by atoms with Crippen LogP contribution < -0.4 is 23.8 Å². The number of oxime groups is 1. The summed E-state index contributed by atoms with van der Waals surface area (Å²) in [5.74, 6) is 2.99. The lowest BCUT2D eigenvalue weighted by Gasteiger charge is -2.33. The Morgan fingerprint density at radius 3 is 2.71 bits per heavy atom. The monoisotopic (exact) mass is 427 g/mol. The highest BCUT2D eigenvalue weighted by atomic mass is 16.7. The number of rotatable bonds is 7. The van der Waals surface area contributed by atoms with Gasteiger partial charge in [0.25, 0.3) is 0 Å². The van der Waals surface area contributed by atoms with Crippen LogP contribution in [0.5, 0.6) is 23.0 Å². The predicted molar refractivity (Wildman–Crippen MR) is 117 cm³/mol. The van der Waals surface area contributed by atoms with Crippen LogP contribution >= 0.6 is 0 Å². The molecule has 7 heteroatoms. The zero-order chi connectivity index (χ0) is 22.0. The highest BCUT2D eigenvalue weighted by Crippen LogP contribution is 2.47. The van der Waals surface area contributed by atoms with Crippen molar-refractivity contribution in [1.82, 2.24) is 0 Å². The molecule has 0 aromatic heterocycles. The van der Waals surface area contributed by atoms with Gasteiger partial charge in [0.1, 0.15) is 11.8 Å². The molecule has 0 spiro atoms. The maximum absolute atomic E-state index is 9.79. The number of fused-ring (bicyclic) bond motifs is 2. The number of methoxy groups -OCH3 is 1. The van der Waals surface area contributed by atoms with Gasteiger partial charge in [-0.3, -0.25) is 0 Å². The summed E-state index contributed by atoms with van der Waals surface area (Å²) >= 11 is 0. The maximum atomic E-state index is 9.79. The molecule has 0 saturated carbocycles. The Bertz CT molecular complexity index is 955. The van der Waals surface area contributed by atoms with E-state index in [1.807, 2.05) is 38.1 Å². The summed E-state index contributed by atoms with van der Waals surface area (Å²) in [6, 6.07) is 10.1. The minimum absolute atomic E-state index is 0.0997. The van der Waals surface area contributed by atoms with Crippen LogP contribution in [0.2, 0.25) is 0 Å². The Hall–Kier alpha value is -2.93. The van der Waals surface area contributed by atoms with Crippen molar-refractivity contribution < 1.29 is 29.1 Å². The Morgan fingerprint density at radius 1 is 1.26 bits per heavy atom. The van der Waals surface area contributed by atoms with Gasteiger partial charge in [0.2, 0.25) is 12.5 Å². The first-order valence-electron chi connectivity index (χ1n) is 10.8.